The Morgan fingerprint density at radius 3 is 1.40 bits per heavy atom. The average Bonchev–Trinajstić information content (AvgIpc) is 2.78. The van der Waals surface area contributed by atoms with Crippen molar-refractivity contribution < 1.29 is 10.2 Å². The average molecular weight is 427 g/mol. The standard InChI is InChI=1S/C22H46N6O2/c1-3-21(25-11-7-5-9-19(29)17-23)27-13-15-28(16-14-27)22(4-2)26-12-8-6-10-20(30)18-24/h5-8,19-22,25-26,29-30H,3-4,9-18,23-24H2,1-2H3/b7-5+,8-6+. The summed E-state index contributed by atoms with van der Waals surface area (Å²) in [7, 11) is 0. The van der Waals surface area contributed by atoms with Gasteiger partial charge in [-0.05, 0) is 25.7 Å². The lowest BCUT2D eigenvalue weighted by Crippen LogP contribution is -2.58. The summed E-state index contributed by atoms with van der Waals surface area (Å²) in [5.74, 6) is 0. The summed E-state index contributed by atoms with van der Waals surface area (Å²) in [6.07, 6.45) is 11.4. The topological polar surface area (TPSA) is 123 Å². The molecule has 0 spiro atoms. The summed E-state index contributed by atoms with van der Waals surface area (Å²) in [6, 6.07) is 0. The fourth-order valence-electron chi connectivity index (χ4n) is 3.70. The van der Waals surface area contributed by atoms with Gasteiger partial charge in [-0.2, -0.15) is 0 Å². The fraction of sp³-hybridized carbons (Fsp3) is 0.818. The van der Waals surface area contributed by atoms with Crippen LogP contribution < -0.4 is 22.1 Å². The number of nitrogens with zero attached hydrogens (tertiary/aromatic N) is 2. The largest absolute Gasteiger partial charge is 0.391 e. The molecule has 0 bridgehead atoms. The molecule has 0 aromatic carbocycles. The van der Waals surface area contributed by atoms with Crippen LogP contribution in [0.25, 0.3) is 0 Å². The minimum atomic E-state index is -0.440. The maximum absolute atomic E-state index is 9.49. The van der Waals surface area contributed by atoms with Crippen molar-refractivity contribution in [1.82, 2.24) is 20.4 Å². The van der Waals surface area contributed by atoms with Gasteiger partial charge in [0, 0.05) is 52.4 Å². The molecule has 4 atom stereocenters. The minimum absolute atomic E-state index is 0.306. The lowest BCUT2D eigenvalue weighted by Gasteiger charge is -2.42. The lowest BCUT2D eigenvalue weighted by molar-refractivity contribution is 0.0478. The van der Waals surface area contributed by atoms with Gasteiger partial charge in [-0.25, -0.2) is 0 Å². The predicted octanol–water partition coefficient (Wildman–Crippen LogP) is -0.213. The minimum Gasteiger partial charge on any atom is -0.391 e. The maximum Gasteiger partial charge on any atom is 0.0696 e. The van der Waals surface area contributed by atoms with Crippen LogP contribution in [0.1, 0.15) is 39.5 Å². The zero-order valence-corrected chi connectivity index (χ0v) is 19.0. The van der Waals surface area contributed by atoms with Crippen LogP contribution in [0.5, 0.6) is 0 Å². The first-order chi connectivity index (χ1) is 14.5. The van der Waals surface area contributed by atoms with E-state index in [1.807, 2.05) is 12.2 Å². The first-order valence-electron chi connectivity index (χ1n) is 11.6. The summed E-state index contributed by atoms with van der Waals surface area (Å²) in [6.45, 7) is 10.9. The summed E-state index contributed by atoms with van der Waals surface area (Å²) in [5, 5.41) is 26.2. The third-order valence-electron chi connectivity index (χ3n) is 5.64. The molecule has 8 heteroatoms. The molecule has 0 radical (unpaired) electrons. The zero-order valence-electron chi connectivity index (χ0n) is 19.0. The number of nitrogens with two attached hydrogens (primary N) is 2. The molecule has 0 amide bonds. The van der Waals surface area contributed by atoms with Crippen molar-refractivity contribution in [2.45, 2.75) is 64.1 Å². The maximum atomic E-state index is 9.49. The Hall–Kier alpha value is -0.840. The second-order valence-electron chi connectivity index (χ2n) is 7.93. The van der Waals surface area contributed by atoms with E-state index < -0.39 is 12.2 Å². The molecule has 1 heterocycles. The molecular formula is C22H46N6O2. The molecule has 1 aliphatic rings. The van der Waals surface area contributed by atoms with E-state index >= 15 is 0 Å². The first kappa shape index (κ1) is 27.2. The molecule has 176 valence electrons. The number of aliphatic hydroxyl groups excluding tert-OH is 2. The van der Waals surface area contributed by atoms with Crippen LogP contribution in [0.2, 0.25) is 0 Å². The number of nitrogens with one attached hydrogen (secondary N) is 2. The summed E-state index contributed by atoms with van der Waals surface area (Å²) in [5.41, 5.74) is 10.8. The quantitative estimate of drug-likeness (QED) is 0.187. The Balaban J connectivity index is 2.32. The second-order valence-corrected chi connectivity index (χ2v) is 7.93. The van der Waals surface area contributed by atoms with Gasteiger partial charge in [-0.1, -0.05) is 38.2 Å². The monoisotopic (exact) mass is 426 g/mol. The van der Waals surface area contributed by atoms with E-state index in [9.17, 15) is 10.2 Å². The Kier molecular flexibility index (Phi) is 15.2. The molecule has 0 aromatic heterocycles. The number of rotatable bonds is 16. The molecule has 1 rings (SSSR count). The smallest absolute Gasteiger partial charge is 0.0696 e. The van der Waals surface area contributed by atoms with Gasteiger partial charge in [0.1, 0.15) is 0 Å². The SMILES string of the molecule is CCC(NC/C=C/CC(O)CN)N1CCN(C(CC)NC/C=C/CC(O)CN)CC1. The van der Waals surface area contributed by atoms with E-state index in [1.54, 1.807) is 0 Å². The van der Waals surface area contributed by atoms with E-state index in [0.717, 1.165) is 52.1 Å². The van der Waals surface area contributed by atoms with Crippen LogP contribution in [-0.4, -0.2) is 96.9 Å². The van der Waals surface area contributed by atoms with Gasteiger partial charge in [0.2, 0.25) is 0 Å². The van der Waals surface area contributed by atoms with Gasteiger partial charge < -0.3 is 21.7 Å². The number of piperazine rings is 1. The van der Waals surface area contributed by atoms with Crippen molar-refractivity contribution in [2.24, 2.45) is 11.5 Å². The molecule has 4 unspecified atom stereocenters. The highest BCUT2D eigenvalue weighted by molar-refractivity contribution is 4.89. The van der Waals surface area contributed by atoms with Crippen LogP contribution in [-0.2, 0) is 0 Å². The Morgan fingerprint density at radius 1 is 0.733 bits per heavy atom. The Labute approximate surface area is 183 Å². The summed E-state index contributed by atoms with van der Waals surface area (Å²) >= 11 is 0. The summed E-state index contributed by atoms with van der Waals surface area (Å²) in [4.78, 5) is 5.06. The van der Waals surface area contributed by atoms with Gasteiger partial charge in [0.05, 0.1) is 24.5 Å². The van der Waals surface area contributed by atoms with Crippen molar-refractivity contribution in [2.75, 3.05) is 52.4 Å². The molecule has 8 nitrogen and oxygen atoms in total. The van der Waals surface area contributed by atoms with Crippen LogP contribution >= 0.6 is 0 Å². The van der Waals surface area contributed by atoms with E-state index in [4.69, 9.17) is 11.5 Å². The highest BCUT2D eigenvalue weighted by Crippen LogP contribution is 2.11. The molecule has 8 N–H and O–H groups in total. The molecule has 0 aromatic rings. The van der Waals surface area contributed by atoms with E-state index in [-0.39, 0.29) is 0 Å². The fourth-order valence-corrected chi connectivity index (χ4v) is 3.70. The van der Waals surface area contributed by atoms with Crippen LogP contribution in [0, 0.1) is 0 Å². The predicted molar refractivity (Wildman–Crippen MR) is 125 cm³/mol. The van der Waals surface area contributed by atoms with Gasteiger partial charge >= 0.3 is 0 Å². The van der Waals surface area contributed by atoms with Crippen molar-refractivity contribution in [1.29, 1.82) is 0 Å². The van der Waals surface area contributed by atoms with Gasteiger partial charge in [-0.3, -0.25) is 20.4 Å². The van der Waals surface area contributed by atoms with E-state index in [2.05, 4.69) is 46.4 Å². The second kappa shape index (κ2) is 16.8. The number of hydrogen-bond donors (Lipinski definition) is 6. The zero-order chi connectivity index (χ0) is 22.2. The van der Waals surface area contributed by atoms with Crippen LogP contribution in [0.3, 0.4) is 0 Å². The van der Waals surface area contributed by atoms with Gasteiger partial charge in [-0.15, -0.1) is 0 Å². The highest BCUT2D eigenvalue weighted by atomic mass is 16.3. The number of hydrogen-bond acceptors (Lipinski definition) is 8. The highest BCUT2D eigenvalue weighted by Gasteiger charge is 2.25. The van der Waals surface area contributed by atoms with Crippen molar-refractivity contribution in [3.8, 4) is 0 Å². The molecule has 0 aliphatic carbocycles. The lowest BCUT2D eigenvalue weighted by atomic mass is 10.2. The van der Waals surface area contributed by atoms with Crippen molar-refractivity contribution >= 4 is 0 Å². The van der Waals surface area contributed by atoms with Gasteiger partial charge in [0.25, 0.3) is 0 Å². The molecule has 0 saturated carbocycles. The summed E-state index contributed by atoms with van der Waals surface area (Å²) < 4.78 is 0. The van der Waals surface area contributed by atoms with Crippen molar-refractivity contribution in [3.63, 3.8) is 0 Å². The molecule has 30 heavy (non-hydrogen) atoms. The molecular weight excluding hydrogens is 380 g/mol. The number of aliphatic hydroxyl groups is 2. The van der Waals surface area contributed by atoms with E-state index in [0.29, 0.717) is 38.3 Å². The Morgan fingerprint density at radius 2 is 1.10 bits per heavy atom. The normalized spacial score (nSPS) is 20.7. The first-order valence-corrected chi connectivity index (χ1v) is 11.6. The van der Waals surface area contributed by atoms with Crippen LogP contribution in [0.15, 0.2) is 24.3 Å². The molecule has 1 aliphatic heterocycles. The molecule has 1 saturated heterocycles. The third kappa shape index (κ3) is 11.0. The third-order valence-corrected chi connectivity index (χ3v) is 5.64. The van der Waals surface area contributed by atoms with Crippen LogP contribution in [0.4, 0.5) is 0 Å². The Bertz CT molecular complexity index is 427. The van der Waals surface area contributed by atoms with Gasteiger partial charge in [0.15, 0.2) is 0 Å². The van der Waals surface area contributed by atoms with E-state index in [1.165, 1.54) is 0 Å². The molecule has 1 fully saturated rings. The van der Waals surface area contributed by atoms with Crippen molar-refractivity contribution in [3.05, 3.63) is 24.3 Å².